The number of hydrogen-bond donors (Lipinski definition) is 1. The second-order valence-electron chi connectivity index (χ2n) is 5.09. The van der Waals surface area contributed by atoms with Crippen LogP contribution in [0.1, 0.15) is 31.9 Å². The van der Waals surface area contributed by atoms with Crippen LogP contribution in [0.3, 0.4) is 0 Å². The Morgan fingerprint density at radius 2 is 1.89 bits per heavy atom. The Kier molecular flexibility index (Phi) is 4.92. The number of nitrogens with one attached hydrogen (secondary N) is 1. The van der Waals surface area contributed by atoms with Gasteiger partial charge < -0.3 is 9.73 Å². The first kappa shape index (κ1) is 14.0. The number of anilines is 1. The molecule has 1 aromatic carbocycles. The average molecular weight is 278 g/mol. The van der Waals surface area contributed by atoms with Crippen molar-refractivity contribution in [1.82, 2.24) is 0 Å². The molecule has 1 heterocycles. The van der Waals surface area contributed by atoms with Crippen molar-refractivity contribution in [2.24, 2.45) is 5.92 Å². The van der Waals surface area contributed by atoms with Gasteiger partial charge in [-0.1, -0.05) is 25.4 Å². The van der Waals surface area contributed by atoms with E-state index in [-0.39, 0.29) is 0 Å². The maximum atomic E-state index is 5.87. The standard InChI is InChI=1S/C16H20ClNO/c1-12(2)15(16-4-3-11-19-16)9-10-18-14-7-5-13(17)6-8-14/h3-8,11-12,15,18H,9-10H2,1-2H3/t15-/m0/s1. The lowest BCUT2D eigenvalue weighted by Crippen LogP contribution is -2.12. The summed E-state index contributed by atoms with van der Waals surface area (Å²) in [6, 6.07) is 11.8. The summed E-state index contributed by atoms with van der Waals surface area (Å²) in [5.74, 6) is 2.10. The molecule has 102 valence electrons. The molecule has 0 spiro atoms. The van der Waals surface area contributed by atoms with Crippen molar-refractivity contribution in [3.05, 3.63) is 53.4 Å². The van der Waals surface area contributed by atoms with Gasteiger partial charge in [0.1, 0.15) is 5.76 Å². The third-order valence-electron chi connectivity index (χ3n) is 3.34. The van der Waals surface area contributed by atoms with E-state index < -0.39 is 0 Å². The minimum Gasteiger partial charge on any atom is -0.469 e. The van der Waals surface area contributed by atoms with Crippen molar-refractivity contribution in [2.45, 2.75) is 26.2 Å². The zero-order chi connectivity index (χ0) is 13.7. The second kappa shape index (κ2) is 6.67. The number of furan rings is 1. The summed E-state index contributed by atoms with van der Waals surface area (Å²) in [6.07, 6.45) is 2.80. The largest absolute Gasteiger partial charge is 0.469 e. The first-order chi connectivity index (χ1) is 9.16. The van der Waals surface area contributed by atoms with Gasteiger partial charge in [0.2, 0.25) is 0 Å². The summed E-state index contributed by atoms with van der Waals surface area (Å²) in [5, 5.41) is 4.18. The molecule has 1 aromatic heterocycles. The Morgan fingerprint density at radius 1 is 1.16 bits per heavy atom. The average Bonchev–Trinajstić information content (AvgIpc) is 2.90. The summed E-state index contributed by atoms with van der Waals surface area (Å²) in [6.45, 7) is 5.39. The lowest BCUT2D eigenvalue weighted by molar-refractivity contribution is 0.383. The molecule has 0 amide bonds. The second-order valence-corrected chi connectivity index (χ2v) is 5.52. The van der Waals surface area contributed by atoms with Gasteiger partial charge >= 0.3 is 0 Å². The third-order valence-corrected chi connectivity index (χ3v) is 3.59. The highest BCUT2D eigenvalue weighted by Crippen LogP contribution is 2.28. The Hall–Kier alpha value is -1.41. The first-order valence-corrected chi connectivity index (χ1v) is 7.07. The van der Waals surface area contributed by atoms with Crippen LogP contribution >= 0.6 is 11.6 Å². The number of benzene rings is 1. The van der Waals surface area contributed by atoms with Gasteiger partial charge in [-0.3, -0.25) is 0 Å². The number of rotatable bonds is 6. The molecule has 0 aliphatic carbocycles. The predicted molar refractivity (Wildman–Crippen MR) is 80.8 cm³/mol. The van der Waals surface area contributed by atoms with E-state index in [4.69, 9.17) is 16.0 Å². The molecule has 2 rings (SSSR count). The van der Waals surface area contributed by atoms with Gasteiger partial charge in [0.25, 0.3) is 0 Å². The van der Waals surface area contributed by atoms with Crippen LogP contribution in [0.25, 0.3) is 0 Å². The van der Waals surface area contributed by atoms with Crippen molar-refractivity contribution >= 4 is 17.3 Å². The first-order valence-electron chi connectivity index (χ1n) is 6.69. The van der Waals surface area contributed by atoms with Crippen molar-refractivity contribution in [3.63, 3.8) is 0 Å². The Balaban J connectivity index is 1.88. The Morgan fingerprint density at radius 3 is 2.47 bits per heavy atom. The fraction of sp³-hybridized carbons (Fsp3) is 0.375. The summed E-state index contributed by atoms with van der Waals surface area (Å²) < 4.78 is 5.53. The van der Waals surface area contributed by atoms with E-state index in [1.165, 1.54) is 0 Å². The molecule has 0 radical (unpaired) electrons. The van der Waals surface area contributed by atoms with Crippen LogP contribution in [0.4, 0.5) is 5.69 Å². The molecule has 0 bridgehead atoms. The van der Waals surface area contributed by atoms with E-state index in [0.29, 0.717) is 11.8 Å². The third kappa shape index (κ3) is 4.03. The molecule has 19 heavy (non-hydrogen) atoms. The van der Waals surface area contributed by atoms with Crippen LogP contribution < -0.4 is 5.32 Å². The van der Waals surface area contributed by atoms with E-state index in [0.717, 1.165) is 29.4 Å². The lowest BCUT2D eigenvalue weighted by Gasteiger charge is -2.19. The van der Waals surface area contributed by atoms with Crippen LogP contribution in [0, 0.1) is 5.92 Å². The molecule has 0 unspecified atom stereocenters. The number of halogens is 1. The van der Waals surface area contributed by atoms with Gasteiger partial charge in [0, 0.05) is 23.2 Å². The highest BCUT2D eigenvalue weighted by molar-refractivity contribution is 6.30. The van der Waals surface area contributed by atoms with Crippen LogP contribution in [0.2, 0.25) is 5.02 Å². The van der Waals surface area contributed by atoms with Gasteiger partial charge in [0.05, 0.1) is 6.26 Å². The topological polar surface area (TPSA) is 25.2 Å². The smallest absolute Gasteiger partial charge is 0.107 e. The summed E-state index contributed by atoms with van der Waals surface area (Å²) in [5.41, 5.74) is 1.10. The van der Waals surface area contributed by atoms with E-state index in [1.54, 1.807) is 6.26 Å². The number of hydrogen-bond acceptors (Lipinski definition) is 2. The fourth-order valence-electron chi connectivity index (χ4n) is 2.25. The SMILES string of the molecule is CC(C)[C@H](CCNc1ccc(Cl)cc1)c1ccco1. The molecule has 0 aliphatic rings. The summed E-state index contributed by atoms with van der Waals surface area (Å²) >= 11 is 5.87. The van der Waals surface area contributed by atoms with Crippen molar-refractivity contribution in [2.75, 3.05) is 11.9 Å². The highest BCUT2D eigenvalue weighted by atomic mass is 35.5. The predicted octanol–water partition coefficient (Wildman–Crippen LogP) is 5.17. The highest BCUT2D eigenvalue weighted by Gasteiger charge is 2.17. The molecule has 2 nitrogen and oxygen atoms in total. The Bertz CT molecular complexity index is 476. The van der Waals surface area contributed by atoms with Crippen molar-refractivity contribution < 1.29 is 4.42 Å². The lowest BCUT2D eigenvalue weighted by atomic mass is 9.90. The van der Waals surface area contributed by atoms with Crippen molar-refractivity contribution in [3.8, 4) is 0 Å². The van der Waals surface area contributed by atoms with Crippen LogP contribution in [0.5, 0.6) is 0 Å². The molecular formula is C16H20ClNO. The van der Waals surface area contributed by atoms with Crippen molar-refractivity contribution in [1.29, 1.82) is 0 Å². The van der Waals surface area contributed by atoms with Crippen LogP contribution in [-0.2, 0) is 0 Å². The normalized spacial score (nSPS) is 12.6. The summed E-state index contributed by atoms with van der Waals surface area (Å²) in [4.78, 5) is 0. The minimum atomic E-state index is 0.454. The van der Waals surface area contributed by atoms with E-state index in [2.05, 4.69) is 25.2 Å². The van der Waals surface area contributed by atoms with Crippen LogP contribution in [-0.4, -0.2) is 6.54 Å². The maximum Gasteiger partial charge on any atom is 0.107 e. The monoisotopic (exact) mass is 277 g/mol. The van der Waals surface area contributed by atoms with Gasteiger partial charge in [-0.25, -0.2) is 0 Å². The van der Waals surface area contributed by atoms with Gasteiger partial charge in [-0.05, 0) is 48.7 Å². The molecular weight excluding hydrogens is 258 g/mol. The van der Waals surface area contributed by atoms with E-state index in [9.17, 15) is 0 Å². The Labute approximate surface area is 119 Å². The molecule has 0 aliphatic heterocycles. The quantitative estimate of drug-likeness (QED) is 0.787. The van der Waals surface area contributed by atoms with E-state index in [1.807, 2.05) is 30.3 Å². The molecule has 3 heteroatoms. The molecule has 0 saturated heterocycles. The molecule has 0 fully saturated rings. The zero-order valence-electron chi connectivity index (χ0n) is 11.4. The summed E-state index contributed by atoms with van der Waals surface area (Å²) in [7, 11) is 0. The molecule has 2 aromatic rings. The molecule has 1 atom stereocenters. The zero-order valence-corrected chi connectivity index (χ0v) is 12.2. The van der Waals surface area contributed by atoms with E-state index >= 15 is 0 Å². The van der Waals surface area contributed by atoms with Gasteiger partial charge in [-0.15, -0.1) is 0 Å². The van der Waals surface area contributed by atoms with Gasteiger partial charge in [-0.2, -0.15) is 0 Å². The molecule has 0 saturated carbocycles. The molecule has 1 N–H and O–H groups in total. The fourth-order valence-corrected chi connectivity index (χ4v) is 2.37. The minimum absolute atomic E-state index is 0.454. The van der Waals surface area contributed by atoms with Gasteiger partial charge in [0.15, 0.2) is 0 Å². The van der Waals surface area contributed by atoms with Crippen LogP contribution in [0.15, 0.2) is 47.1 Å². The maximum absolute atomic E-state index is 5.87.